The molecule has 1 atom stereocenters. The van der Waals surface area contributed by atoms with Crippen LogP contribution in [0, 0.1) is 5.82 Å². The van der Waals surface area contributed by atoms with Gasteiger partial charge in [0.15, 0.2) is 0 Å². The maximum absolute atomic E-state index is 13.8. The highest BCUT2D eigenvalue weighted by atomic mass is 79.9. The van der Waals surface area contributed by atoms with Crippen molar-refractivity contribution in [3.8, 4) is 0 Å². The van der Waals surface area contributed by atoms with Gasteiger partial charge in [-0.25, -0.2) is 17.8 Å². The smallest absolute Gasteiger partial charge is 0.149 e. The Morgan fingerprint density at radius 2 is 2.14 bits per heavy atom. The number of rotatable bonds is 5. The normalized spacial score (nSPS) is 13.8. The van der Waals surface area contributed by atoms with Crippen molar-refractivity contribution in [3.63, 3.8) is 0 Å². The number of aryl methyl sites for hydroxylation is 1. The van der Waals surface area contributed by atoms with Crippen molar-refractivity contribution in [2.45, 2.75) is 19.4 Å². The summed E-state index contributed by atoms with van der Waals surface area (Å²) in [6.45, 7) is 1.78. The second kappa shape index (κ2) is 6.22. The topological polar surface area (TPSA) is 52.0 Å². The summed E-state index contributed by atoms with van der Waals surface area (Å²) in [7, 11) is -3.15. The van der Waals surface area contributed by atoms with Crippen LogP contribution in [0.2, 0.25) is 0 Å². The Kier molecular flexibility index (Phi) is 4.95. The van der Waals surface area contributed by atoms with Crippen LogP contribution in [0.5, 0.6) is 0 Å². The maximum atomic E-state index is 13.8. The zero-order chi connectivity index (χ0) is 15.8. The quantitative estimate of drug-likeness (QED) is 0.727. The SMILES string of the molecule is CC(CS(C)(=O)=O)n1c(CCCl)nc2cc(Br)c(F)cc21. The molecule has 0 fully saturated rings. The van der Waals surface area contributed by atoms with E-state index in [1.54, 1.807) is 17.6 Å². The third kappa shape index (κ3) is 3.76. The summed E-state index contributed by atoms with van der Waals surface area (Å²) in [4.78, 5) is 4.44. The van der Waals surface area contributed by atoms with Crippen molar-refractivity contribution in [1.29, 1.82) is 0 Å². The molecule has 8 heteroatoms. The molecule has 2 rings (SSSR count). The molecule has 0 aliphatic rings. The minimum absolute atomic E-state index is 0.0363. The highest BCUT2D eigenvalue weighted by molar-refractivity contribution is 9.10. The Morgan fingerprint density at radius 1 is 1.48 bits per heavy atom. The molecule has 0 bridgehead atoms. The number of sulfone groups is 1. The molecule has 2 aromatic rings. The summed E-state index contributed by atoms with van der Waals surface area (Å²) in [6, 6.07) is 2.61. The van der Waals surface area contributed by atoms with Gasteiger partial charge in [0.2, 0.25) is 0 Å². The fraction of sp³-hybridized carbons (Fsp3) is 0.462. The highest BCUT2D eigenvalue weighted by Gasteiger charge is 2.20. The number of aromatic nitrogens is 2. The van der Waals surface area contributed by atoms with Crippen LogP contribution >= 0.6 is 27.5 Å². The second-order valence-electron chi connectivity index (χ2n) is 5.03. The minimum Gasteiger partial charge on any atom is -0.324 e. The van der Waals surface area contributed by atoms with E-state index in [4.69, 9.17) is 11.6 Å². The lowest BCUT2D eigenvalue weighted by molar-refractivity contribution is 0.556. The van der Waals surface area contributed by atoms with Gasteiger partial charge in [-0.3, -0.25) is 0 Å². The lowest BCUT2D eigenvalue weighted by Crippen LogP contribution is -2.18. The Labute approximate surface area is 136 Å². The first kappa shape index (κ1) is 16.7. The van der Waals surface area contributed by atoms with Gasteiger partial charge in [0.25, 0.3) is 0 Å². The Bertz CT molecular complexity index is 776. The predicted molar refractivity (Wildman–Crippen MR) is 86.2 cm³/mol. The van der Waals surface area contributed by atoms with Crippen LogP contribution in [0.1, 0.15) is 18.8 Å². The fourth-order valence-electron chi connectivity index (χ4n) is 2.41. The van der Waals surface area contributed by atoms with E-state index in [2.05, 4.69) is 20.9 Å². The molecule has 4 nitrogen and oxygen atoms in total. The van der Waals surface area contributed by atoms with Crippen LogP contribution in [0.4, 0.5) is 4.39 Å². The van der Waals surface area contributed by atoms with E-state index in [-0.39, 0.29) is 11.8 Å². The van der Waals surface area contributed by atoms with Crippen LogP contribution in [0.25, 0.3) is 11.0 Å². The average molecular weight is 398 g/mol. The second-order valence-corrected chi connectivity index (χ2v) is 8.45. The number of nitrogens with zero attached hydrogens (tertiary/aromatic N) is 2. The summed E-state index contributed by atoms with van der Waals surface area (Å²) in [5.41, 5.74) is 1.19. The third-order valence-corrected chi connectivity index (χ3v) is 4.99. The maximum Gasteiger partial charge on any atom is 0.149 e. The van der Waals surface area contributed by atoms with Crippen molar-refractivity contribution in [2.24, 2.45) is 0 Å². The first-order valence-electron chi connectivity index (χ1n) is 6.32. The van der Waals surface area contributed by atoms with E-state index in [1.807, 2.05) is 0 Å². The summed E-state index contributed by atoms with van der Waals surface area (Å²) < 4.78 is 38.9. The Hall–Kier alpha value is -0.660. The number of benzene rings is 1. The van der Waals surface area contributed by atoms with Gasteiger partial charge in [-0.05, 0) is 28.9 Å². The lowest BCUT2D eigenvalue weighted by Gasteiger charge is -2.16. The van der Waals surface area contributed by atoms with Crippen LogP contribution in [-0.4, -0.2) is 35.9 Å². The molecule has 0 saturated heterocycles. The molecule has 0 amide bonds. The summed E-state index contributed by atoms with van der Waals surface area (Å²) in [6.07, 6.45) is 1.67. The number of imidazole rings is 1. The van der Waals surface area contributed by atoms with E-state index < -0.39 is 15.7 Å². The molecule has 21 heavy (non-hydrogen) atoms. The fourth-order valence-corrected chi connectivity index (χ4v) is 3.93. The van der Waals surface area contributed by atoms with Crippen molar-refractivity contribution < 1.29 is 12.8 Å². The monoisotopic (exact) mass is 396 g/mol. The van der Waals surface area contributed by atoms with Crippen molar-refractivity contribution in [3.05, 3.63) is 28.2 Å². The van der Waals surface area contributed by atoms with E-state index >= 15 is 0 Å². The summed E-state index contributed by atoms with van der Waals surface area (Å²) >= 11 is 8.91. The van der Waals surface area contributed by atoms with Gasteiger partial charge in [0.05, 0.1) is 21.3 Å². The standard InChI is InChI=1S/C13H15BrClFN2O2S/c1-8(7-21(2,19)20)18-12-6-10(16)9(14)5-11(12)17-13(18)3-4-15/h5-6,8H,3-4,7H2,1-2H3. The number of hydrogen-bond acceptors (Lipinski definition) is 3. The van der Waals surface area contributed by atoms with Crippen LogP contribution in [-0.2, 0) is 16.3 Å². The zero-order valence-corrected chi connectivity index (χ0v) is 14.8. The van der Waals surface area contributed by atoms with E-state index in [1.165, 1.54) is 12.3 Å². The number of hydrogen-bond donors (Lipinski definition) is 0. The highest BCUT2D eigenvalue weighted by Crippen LogP contribution is 2.27. The minimum atomic E-state index is -3.15. The number of halogens is 3. The first-order valence-corrected chi connectivity index (χ1v) is 9.71. The summed E-state index contributed by atoms with van der Waals surface area (Å²) in [5.74, 6) is 0.575. The van der Waals surface area contributed by atoms with E-state index in [0.717, 1.165) is 0 Å². The van der Waals surface area contributed by atoms with Gasteiger partial charge in [0.1, 0.15) is 21.5 Å². The lowest BCUT2D eigenvalue weighted by atomic mass is 10.2. The molecule has 0 spiro atoms. The van der Waals surface area contributed by atoms with Crippen LogP contribution in [0.3, 0.4) is 0 Å². The van der Waals surface area contributed by atoms with Crippen molar-refractivity contribution in [2.75, 3.05) is 17.9 Å². The average Bonchev–Trinajstić information content (AvgIpc) is 2.65. The van der Waals surface area contributed by atoms with Crippen molar-refractivity contribution >= 4 is 48.4 Å². The van der Waals surface area contributed by atoms with Gasteiger partial charge in [-0.2, -0.15) is 0 Å². The van der Waals surface area contributed by atoms with Gasteiger partial charge in [-0.15, -0.1) is 11.6 Å². The third-order valence-electron chi connectivity index (χ3n) is 3.11. The molecule has 0 N–H and O–H groups in total. The molecule has 0 aliphatic heterocycles. The molecule has 116 valence electrons. The molecule has 0 radical (unpaired) electrons. The molecule has 1 aromatic carbocycles. The predicted octanol–water partition coefficient (Wildman–Crippen LogP) is 3.32. The number of fused-ring (bicyclic) bond motifs is 1. The molecular formula is C13H15BrClFN2O2S. The van der Waals surface area contributed by atoms with Crippen molar-refractivity contribution in [1.82, 2.24) is 9.55 Å². The van der Waals surface area contributed by atoms with Gasteiger partial charge >= 0.3 is 0 Å². The molecule has 1 unspecified atom stereocenters. The number of alkyl halides is 1. The van der Waals surface area contributed by atoms with E-state index in [9.17, 15) is 12.8 Å². The zero-order valence-electron chi connectivity index (χ0n) is 11.6. The van der Waals surface area contributed by atoms with Gasteiger partial charge in [0, 0.05) is 30.7 Å². The molecule has 0 aliphatic carbocycles. The largest absolute Gasteiger partial charge is 0.324 e. The Morgan fingerprint density at radius 3 is 2.71 bits per heavy atom. The first-order chi connectivity index (χ1) is 9.73. The molecular weight excluding hydrogens is 383 g/mol. The summed E-state index contributed by atoms with van der Waals surface area (Å²) in [5, 5.41) is 0. The molecule has 0 saturated carbocycles. The van der Waals surface area contributed by atoms with Crippen LogP contribution in [0.15, 0.2) is 16.6 Å². The Balaban J connectivity index is 2.62. The van der Waals surface area contributed by atoms with E-state index in [0.29, 0.717) is 33.6 Å². The van der Waals surface area contributed by atoms with Gasteiger partial charge in [-0.1, -0.05) is 0 Å². The molecule has 1 aromatic heterocycles. The van der Waals surface area contributed by atoms with Gasteiger partial charge < -0.3 is 4.57 Å². The van der Waals surface area contributed by atoms with Crippen LogP contribution < -0.4 is 0 Å². The molecule has 1 heterocycles.